The Morgan fingerprint density at radius 3 is 2.33 bits per heavy atom. The van der Waals surface area contributed by atoms with Gasteiger partial charge in [-0.2, -0.15) is 0 Å². The molecule has 0 unspecified atom stereocenters. The molecule has 0 amide bonds. The summed E-state index contributed by atoms with van der Waals surface area (Å²) in [6.45, 7) is 5.01. The van der Waals surface area contributed by atoms with Gasteiger partial charge in [0, 0.05) is 25.7 Å². The minimum Gasteiger partial charge on any atom is -0.491 e. The van der Waals surface area contributed by atoms with E-state index >= 15 is 0 Å². The van der Waals surface area contributed by atoms with Crippen molar-refractivity contribution < 1.29 is 9.13 Å². The summed E-state index contributed by atoms with van der Waals surface area (Å²) in [5.41, 5.74) is 1.72. The molecule has 0 aliphatic rings. The van der Waals surface area contributed by atoms with Crippen molar-refractivity contribution in [3.63, 3.8) is 0 Å². The third kappa shape index (κ3) is 5.57. The number of nitrogens with one attached hydrogen (secondary N) is 2. The van der Waals surface area contributed by atoms with Gasteiger partial charge >= 0.3 is 0 Å². The molecule has 0 spiro atoms. The lowest BCUT2D eigenvalue weighted by atomic mass is 10.2. The smallest absolute Gasteiger partial charge is 0.191 e. The Kier molecular flexibility index (Phi) is 6.61. The second-order valence-corrected chi connectivity index (χ2v) is 5.68. The largest absolute Gasteiger partial charge is 0.491 e. The lowest BCUT2D eigenvalue weighted by molar-refractivity contribution is 0.242. The van der Waals surface area contributed by atoms with Crippen LogP contribution in [-0.2, 0) is 13.1 Å². The number of aliphatic imine (C=N–C) groups is 1. The highest BCUT2D eigenvalue weighted by Crippen LogP contribution is 2.13. The van der Waals surface area contributed by atoms with E-state index in [4.69, 9.17) is 4.74 Å². The molecule has 0 atom stereocenters. The van der Waals surface area contributed by atoms with Gasteiger partial charge in [0.2, 0.25) is 0 Å². The van der Waals surface area contributed by atoms with E-state index in [9.17, 15) is 4.39 Å². The monoisotopic (exact) mass is 329 g/mol. The average Bonchev–Trinajstić information content (AvgIpc) is 2.57. The summed E-state index contributed by atoms with van der Waals surface area (Å²) in [4.78, 5) is 4.15. The van der Waals surface area contributed by atoms with E-state index in [0.29, 0.717) is 24.6 Å². The Morgan fingerprint density at radius 1 is 1.04 bits per heavy atom. The lowest BCUT2D eigenvalue weighted by Crippen LogP contribution is -2.36. The molecule has 5 heteroatoms. The van der Waals surface area contributed by atoms with Gasteiger partial charge in [0.05, 0.1) is 6.10 Å². The molecule has 128 valence electrons. The van der Waals surface area contributed by atoms with Crippen LogP contribution < -0.4 is 15.4 Å². The minimum atomic E-state index is -0.221. The molecule has 0 aliphatic heterocycles. The molecule has 2 aromatic carbocycles. The predicted molar refractivity (Wildman–Crippen MR) is 95.6 cm³/mol. The normalized spacial score (nSPS) is 11.5. The van der Waals surface area contributed by atoms with Gasteiger partial charge in [-0.25, -0.2) is 4.39 Å². The van der Waals surface area contributed by atoms with Crippen molar-refractivity contribution in [3.05, 3.63) is 65.5 Å². The lowest BCUT2D eigenvalue weighted by Gasteiger charge is -2.13. The first-order chi connectivity index (χ1) is 11.6. The highest BCUT2D eigenvalue weighted by atomic mass is 19.1. The van der Waals surface area contributed by atoms with Crippen LogP contribution in [0.3, 0.4) is 0 Å². The summed E-state index contributed by atoms with van der Waals surface area (Å²) in [6, 6.07) is 14.6. The van der Waals surface area contributed by atoms with E-state index in [-0.39, 0.29) is 11.9 Å². The molecule has 2 aromatic rings. The van der Waals surface area contributed by atoms with E-state index < -0.39 is 0 Å². The minimum absolute atomic E-state index is 0.162. The van der Waals surface area contributed by atoms with Gasteiger partial charge in [0.25, 0.3) is 0 Å². The highest BCUT2D eigenvalue weighted by Gasteiger charge is 2.03. The molecular weight excluding hydrogens is 305 g/mol. The maximum atomic E-state index is 13.6. The van der Waals surface area contributed by atoms with Crippen LogP contribution in [0.2, 0.25) is 0 Å². The van der Waals surface area contributed by atoms with Crippen molar-refractivity contribution in [3.8, 4) is 5.75 Å². The summed E-state index contributed by atoms with van der Waals surface area (Å²) < 4.78 is 19.2. The zero-order valence-corrected chi connectivity index (χ0v) is 14.3. The fourth-order valence-corrected chi connectivity index (χ4v) is 2.19. The number of benzene rings is 2. The van der Waals surface area contributed by atoms with Crippen molar-refractivity contribution in [1.29, 1.82) is 0 Å². The van der Waals surface area contributed by atoms with Gasteiger partial charge in [-0.05, 0) is 37.6 Å². The Balaban J connectivity index is 1.84. The Bertz CT molecular complexity index is 669. The fourth-order valence-electron chi connectivity index (χ4n) is 2.19. The summed E-state index contributed by atoms with van der Waals surface area (Å²) in [5, 5.41) is 6.32. The number of rotatable bonds is 6. The quantitative estimate of drug-likeness (QED) is 0.630. The molecule has 2 rings (SSSR count). The van der Waals surface area contributed by atoms with Crippen LogP contribution in [0.1, 0.15) is 25.0 Å². The topological polar surface area (TPSA) is 45.7 Å². The molecule has 2 N–H and O–H groups in total. The van der Waals surface area contributed by atoms with E-state index in [1.165, 1.54) is 6.07 Å². The first-order valence-electron chi connectivity index (χ1n) is 8.02. The number of guanidine groups is 1. The van der Waals surface area contributed by atoms with Crippen LogP contribution in [0, 0.1) is 5.82 Å². The molecule has 24 heavy (non-hydrogen) atoms. The molecule has 0 saturated carbocycles. The molecule has 0 aliphatic carbocycles. The molecule has 0 fully saturated rings. The zero-order valence-electron chi connectivity index (χ0n) is 14.3. The van der Waals surface area contributed by atoms with Crippen molar-refractivity contribution in [2.24, 2.45) is 4.99 Å². The van der Waals surface area contributed by atoms with E-state index in [1.807, 2.05) is 44.2 Å². The first kappa shape index (κ1) is 17.8. The van der Waals surface area contributed by atoms with Crippen molar-refractivity contribution >= 4 is 5.96 Å². The van der Waals surface area contributed by atoms with Gasteiger partial charge in [-0.1, -0.05) is 30.3 Å². The third-order valence-electron chi connectivity index (χ3n) is 3.38. The Labute approximate surface area is 142 Å². The van der Waals surface area contributed by atoms with Crippen LogP contribution in [0.25, 0.3) is 0 Å². The Hall–Kier alpha value is -2.56. The van der Waals surface area contributed by atoms with E-state index in [0.717, 1.165) is 11.3 Å². The first-order valence-corrected chi connectivity index (χ1v) is 8.02. The molecule has 0 radical (unpaired) electrons. The zero-order chi connectivity index (χ0) is 17.4. The van der Waals surface area contributed by atoms with Gasteiger partial charge in [0.1, 0.15) is 11.6 Å². The number of nitrogens with zero attached hydrogens (tertiary/aromatic N) is 1. The summed E-state index contributed by atoms with van der Waals surface area (Å²) >= 11 is 0. The van der Waals surface area contributed by atoms with E-state index in [2.05, 4.69) is 15.6 Å². The van der Waals surface area contributed by atoms with Gasteiger partial charge in [-0.3, -0.25) is 4.99 Å². The number of hydrogen-bond donors (Lipinski definition) is 2. The van der Waals surface area contributed by atoms with Gasteiger partial charge in [-0.15, -0.1) is 0 Å². The van der Waals surface area contributed by atoms with Crippen molar-refractivity contribution in [2.45, 2.75) is 33.0 Å². The summed E-state index contributed by atoms with van der Waals surface area (Å²) in [6.07, 6.45) is 0.162. The van der Waals surface area contributed by atoms with Gasteiger partial charge in [0.15, 0.2) is 5.96 Å². The van der Waals surface area contributed by atoms with E-state index in [1.54, 1.807) is 19.2 Å². The van der Waals surface area contributed by atoms with Crippen LogP contribution in [0.5, 0.6) is 5.75 Å². The molecule has 0 aromatic heterocycles. The number of ether oxygens (including phenoxy) is 1. The molecule has 4 nitrogen and oxygen atoms in total. The van der Waals surface area contributed by atoms with Crippen LogP contribution in [-0.4, -0.2) is 19.1 Å². The predicted octanol–water partition coefficient (Wildman–Crippen LogP) is 3.48. The summed E-state index contributed by atoms with van der Waals surface area (Å²) in [7, 11) is 1.69. The van der Waals surface area contributed by atoms with Crippen LogP contribution in [0.4, 0.5) is 4.39 Å². The highest BCUT2D eigenvalue weighted by molar-refractivity contribution is 5.79. The standard InChI is InChI=1S/C19H24FN3O/c1-14(2)24-17-10-8-15(9-11-17)12-22-19(21-3)23-13-16-6-4-5-7-18(16)20/h4-11,14H,12-13H2,1-3H3,(H2,21,22,23). The molecule has 0 bridgehead atoms. The molecule has 0 heterocycles. The average molecular weight is 329 g/mol. The fraction of sp³-hybridized carbons (Fsp3) is 0.316. The molecule has 0 saturated heterocycles. The maximum Gasteiger partial charge on any atom is 0.191 e. The maximum absolute atomic E-state index is 13.6. The SMILES string of the molecule is CN=C(NCc1ccc(OC(C)C)cc1)NCc1ccccc1F. The number of halogens is 1. The molecular formula is C19H24FN3O. The summed E-state index contributed by atoms with van der Waals surface area (Å²) in [5.74, 6) is 1.26. The third-order valence-corrected chi connectivity index (χ3v) is 3.38. The van der Waals surface area contributed by atoms with Crippen molar-refractivity contribution in [2.75, 3.05) is 7.05 Å². The second kappa shape index (κ2) is 8.91. The van der Waals surface area contributed by atoms with Crippen molar-refractivity contribution in [1.82, 2.24) is 10.6 Å². The second-order valence-electron chi connectivity index (χ2n) is 5.68. The van der Waals surface area contributed by atoms with Gasteiger partial charge < -0.3 is 15.4 Å². The van der Waals surface area contributed by atoms with Crippen LogP contribution >= 0.6 is 0 Å². The Morgan fingerprint density at radius 2 is 1.71 bits per heavy atom. The number of hydrogen-bond acceptors (Lipinski definition) is 2. The van der Waals surface area contributed by atoms with Crippen LogP contribution in [0.15, 0.2) is 53.5 Å².